The van der Waals surface area contributed by atoms with Gasteiger partial charge >= 0.3 is 6.09 Å². The molecule has 0 spiro atoms. The van der Waals surface area contributed by atoms with Crippen LogP contribution in [0.2, 0.25) is 0 Å². The molecule has 1 aromatic rings. The van der Waals surface area contributed by atoms with Gasteiger partial charge in [-0.05, 0) is 31.9 Å². The lowest BCUT2D eigenvalue weighted by Crippen LogP contribution is -2.19. The zero-order chi connectivity index (χ0) is 11.3. The van der Waals surface area contributed by atoms with E-state index in [0.29, 0.717) is 0 Å². The summed E-state index contributed by atoms with van der Waals surface area (Å²) in [5.41, 5.74) is 1.82. The minimum absolute atomic E-state index is 0.0472. The monoisotopic (exact) mass is 207 g/mol. The first-order valence-electron chi connectivity index (χ1n) is 5.16. The van der Waals surface area contributed by atoms with E-state index >= 15 is 0 Å². The quantitative estimate of drug-likeness (QED) is 0.825. The highest BCUT2D eigenvalue weighted by atomic mass is 16.6. The van der Waals surface area contributed by atoms with Crippen molar-refractivity contribution in [1.29, 1.82) is 0 Å². The number of hydrogen-bond donors (Lipinski definition) is 1. The fourth-order valence-electron chi connectivity index (χ4n) is 1.12. The number of carbonyl (C=O) groups excluding carboxylic acids is 1. The average Bonchev–Trinajstić information content (AvgIpc) is 2.21. The maximum Gasteiger partial charge on any atom is 0.411 e. The number of benzene rings is 1. The summed E-state index contributed by atoms with van der Waals surface area (Å²) in [6.45, 7) is 5.79. The van der Waals surface area contributed by atoms with Gasteiger partial charge in [0.05, 0.1) is 0 Å². The predicted molar refractivity (Wildman–Crippen MR) is 61.0 cm³/mol. The maximum atomic E-state index is 11.4. The van der Waals surface area contributed by atoms with Crippen molar-refractivity contribution in [2.45, 2.75) is 33.3 Å². The fraction of sp³-hybridized carbons (Fsp3) is 0.417. The van der Waals surface area contributed by atoms with Crippen LogP contribution in [0.1, 0.15) is 25.8 Å². The van der Waals surface area contributed by atoms with Crippen molar-refractivity contribution in [2.75, 3.05) is 5.32 Å². The van der Waals surface area contributed by atoms with Crippen molar-refractivity contribution in [1.82, 2.24) is 0 Å². The number of ether oxygens (including phenoxy) is 1. The summed E-state index contributed by atoms with van der Waals surface area (Å²) in [6, 6.07) is 7.61. The molecule has 0 radical (unpaired) electrons. The summed E-state index contributed by atoms with van der Waals surface area (Å²) < 4.78 is 5.11. The summed E-state index contributed by atoms with van der Waals surface area (Å²) in [6.07, 6.45) is 0.383. The zero-order valence-electron chi connectivity index (χ0n) is 9.41. The van der Waals surface area contributed by atoms with Gasteiger partial charge in [-0.1, -0.05) is 25.1 Å². The molecule has 0 aliphatic heterocycles. The largest absolute Gasteiger partial charge is 0.446 e. The molecule has 15 heavy (non-hydrogen) atoms. The van der Waals surface area contributed by atoms with E-state index in [4.69, 9.17) is 4.74 Å². The van der Waals surface area contributed by atoms with E-state index in [1.165, 1.54) is 0 Å². The molecule has 3 heteroatoms. The van der Waals surface area contributed by atoms with Crippen LogP contribution >= 0.6 is 0 Å². The van der Waals surface area contributed by atoms with Gasteiger partial charge in [0, 0.05) is 5.69 Å². The Morgan fingerprint density at radius 3 is 2.73 bits per heavy atom. The van der Waals surface area contributed by atoms with Crippen molar-refractivity contribution >= 4 is 11.8 Å². The van der Waals surface area contributed by atoms with Crippen LogP contribution in [0.4, 0.5) is 10.5 Å². The van der Waals surface area contributed by atoms with Crippen LogP contribution in [-0.4, -0.2) is 12.2 Å². The summed E-state index contributed by atoms with van der Waals surface area (Å²) in [7, 11) is 0. The Labute approximate surface area is 90.4 Å². The Morgan fingerprint density at radius 1 is 1.47 bits per heavy atom. The van der Waals surface area contributed by atoms with Crippen molar-refractivity contribution in [2.24, 2.45) is 0 Å². The van der Waals surface area contributed by atoms with Crippen molar-refractivity contribution < 1.29 is 9.53 Å². The molecule has 1 unspecified atom stereocenters. The zero-order valence-corrected chi connectivity index (χ0v) is 9.41. The summed E-state index contributed by atoms with van der Waals surface area (Å²) in [5, 5.41) is 2.71. The number of amides is 1. The van der Waals surface area contributed by atoms with Crippen LogP contribution in [0.5, 0.6) is 0 Å². The van der Waals surface area contributed by atoms with Crippen LogP contribution in [0.25, 0.3) is 0 Å². The van der Waals surface area contributed by atoms with Crippen LogP contribution in [0, 0.1) is 6.92 Å². The number of para-hydroxylation sites is 1. The Bertz CT molecular complexity index is 336. The molecule has 0 aliphatic carbocycles. The summed E-state index contributed by atoms with van der Waals surface area (Å²) in [5.74, 6) is 0. The molecule has 82 valence electrons. The van der Waals surface area contributed by atoms with Crippen molar-refractivity contribution in [3.05, 3.63) is 29.8 Å². The Hall–Kier alpha value is -1.51. The molecule has 0 heterocycles. The summed E-state index contributed by atoms with van der Waals surface area (Å²) in [4.78, 5) is 11.4. The number of hydrogen-bond acceptors (Lipinski definition) is 2. The van der Waals surface area contributed by atoms with Crippen molar-refractivity contribution in [3.63, 3.8) is 0 Å². The van der Waals surface area contributed by atoms with E-state index in [1.807, 2.05) is 45.0 Å². The minimum atomic E-state index is -0.390. The van der Waals surface area contributed by atoms with Crippen LogP contribution < -0.4 is 5.32 Å². The van der Waals surface area contributed by atoms with Gasteiger partial charge in [-0.3, -0.25) is 5.32 Å². The van der Waals surface area contributed by atoms with E-state index in [1.54, 1.807) is 0 Å². The van der Waals surface area contributed by atoms with Gasteiger partial charge < -0.3 is 4.74 Å². The molecule has 0 aromatic heterocycles. The lowest BCUT2D eigenvalue weighted by Gasteiger charge is -2.12. The van der Waals surface area contributed by atoms with E-state index in [0.717, 1.165) is 17.7 Å². The highest BCUT2D eigenvalue weighted by Crippen LogP contribution is 2.13. The normalized spacial score (nSPS) is 11.9. The lowest BCUT2D eigenvalue weighted by molar-refractivity contribution is 0.118. The SMILES string of the molecule is CCC(C)OC(=O)Nc1ccccc1C. The van der Waals surface area contributed by atoms with Gasteiger partial charge in [0.25, 0.3) is 0 Å². The third-order valence-corrected chi connectivity index (χ3v) is 2.26. The smallest absolute Gasteiger partial charge is 0.411 e. The Morgan fingerprint density at radius 2 is 2.13 bits per heavy atom. The summed E-state index contributed by atoms with van der Waals surface area (Å²) >= 11 is 0. The molecule has 1 N–H and O–H groups in total. The van der Waals surface area contributed by atoms with Crippen LogP contribution in [-0.2, 0) is 4.74 Å². The number of rotatable bonds is 3. The molecule has 1 atom stereocenters. The van der Waals surface area contributed by atoms with Gasteiger partial charge in [0.2, 0.25) is 0 Å². The second-order valence-electron chi connectivity index (χ2n) is 3.56. The molecule has 1 amide bonds. The molecule has 1 rings (SSSR count). The van der Waals surface area contributed by atoms with Gasteiger partial charge in [0.1, 0.15) is 6.10 Å². The van der Waals surface area contributed by atoms with Gasteiger partial charge in [-0.2, -0.15) is 0 Å². The second-order valence-corrected chi connectivity index (χ2v) is 3.56. The van der Waals surface area contributed by atoms with Crippen LogP contribution in [0.3, 0.4) is 0 Å². The number of carbonyl (C=O) groups is 1. The van der Waals surface area contributed by atoms with Crippen molar-refractivity contribution in [3.8, 4) is 0 Å². The van der Waals surface area contributed by atoms with E-state index < -0.39 is 6.09 Å². The molecule has 1 aromatic carbocycles. The maximum absolute atomic E-state index is 11.4. The topological polar surface area (TPSA) is 38.3 Å². The molecule has 0 saturated carbocycles. The third-order valence-electron chi connectivity index (χ3n) is 2.26. The molecular weight excluding hydrogens is 190 g/mol. The molecule has 0 bridgehead atoms. The predicted octanol–water partition coefficient (Wildman–Crippen LogP) is 3.34. The van der Waals surface area contributed by atoms with E-state index in [-0.39, 0.29) is 6.10 Å². The minimum Gasteiger partial charge on any atom is -0.446 e. The number of anilines is 1. The third kappa shape index (κ3) is 3.62. The van der Waals surface area contributed by atoms with Gasteiger partial charge in [-0.25, -0.2) is 4.79 Å². The van der Waals surface area contributed by atoms with Gasteiger partial charge in [0.15, 0.2) is 0 Å². The second kappa shape index (κ2) is 5.39. The number of aryl methyl sites for hydroxylation is 1. The molecular formula is C12H17NO2. The molecule has 0 fully saturated rings. The first kappa shape index (κ1) is 11.6. The van der Waals surface area contributed by atoms with E-state index in [9.17, 15) is 4.79 Å². The average molecular weight is 207 g/mol. The Kier molecular flexibility index (Phi) is 4.16. The highest BCUT2D eigenvalue weighted by Gasteiger charge is 2.08. The first-order valence-corrected chi connectivity index (χ1v) is 5.16. The Balaban J connectivity index is 2.55. The highest BCUT2D eigenvalue weighted by molar-refractivity contribution is 5.85. The number of nitrogens with one attached hydrogen (secondary N) is 1. The molecule has 0 aliphatic rings. The molecule has 0 saturated heterocycles. The standard InChI is InChI=1S/C12H17NO2/c1-4-10(3)15-12(14)13-11-8-6-5-7-9(11)2/h5-8,10H,4H2,1-3H3,(H,13,14). The van der Waals surface area contributed by atoms with Gasteiger partial charge in [-0.15, -0.1) is 0 Å². The molecule has 3 nitrogen and oxygen atoms in total. The fourth-order valence-corrected chi connectivity index (χ4v) is 1.12. The first-order chi connectivity index (χ1) is 7.13. The van der Waals surface area contributed by atoms with E-state index in [2.05, 4.69) is 5.32 Å². The van der Waals surface area contributed by atoms with Crippen LogP contribution in [0.15, 0.2) is 24.3 Å². The lowest BCUT2D eigenvalue weighted by atomic mass is 10.2.